The summed E-state index contributed by atoms with van der Waals surface area (Å²) in [6, 6.07) is 5.53. The maximum absolute atomic E-state index is 11.0. The molecule has 1 rings (SSSR count). The highest BCUT2D eigenvalue weighted by atomic mass is 79.9. The molecule has 0 aliphatic rings. The molecule has 0 fully saturated rings. The Morgan fingerprint density at radius 2 is 1.91 bits per heavy atom. The van der Waals surface area contributed by atoms with Crippen LogP contribution in [0.4, 0.5) is 0 Å². The highest BCUT2D eigenvalue weighted by Gasteiger charge is 2.03. The average Bonchev–Trinajstić information content (AvgIpc) is 1.94. The van der Waals surface area contributed by atoms with Gasteiger partial charge in [-0.25, -0.2) is 5.11 Å². The molecule has 3 heteroatoms. The van der Waals surface area contributed by atoms with E-state index in [1.54, 1.807) is 6.92 Å². The first-order valence-electron chi connectivity index (χ1n) is 3.22. The molecule has 0 spiro atoms. The summed E-state index contributed by atoms with van der Waals surface area (Å²) in [5.74, 6) is 0. The maximum Gasteiger partial charge on any atom is 0.115 e. The summed E-state index contributed by atoms with van der Waals surface area (Å²) < 4.78 is 1.90. The van der Waals surface area contributed by atoms with Gasteiger partial charge in [-0.2, -0.15) is 0 Å². The summed E-state index contributed by atoms with van der Waals surface area (Å²) in [4.78, 5) is 0. The van der Waals surface area contributed by atoms with E-state index >= 15 is 0 Å². The molecule has 11 heavy (non-hydrogen) atoms. The van der Waals surface area contributed by atoms with Gasteiger partial charge in [0, 0.05) is 8.95 Å². The van der Waals surface area contributed by atoms with E-state index in [9.17, 15) is 5.11 Å². The largest absolute Gasteiger partial charge is 0.228 e. The van der Waals surface area contributed by atoms with Crippen LogP contribution < -0.4 is 0 Å². The van der Waals surface area contributed by atoms with Crippen LogP contribution in [0.5, 0.6) is 0 Å². The molecule has 1 atom stereocenters. The molecule has 0 heterocycles. The third-order valence-corrected chi connectivity index (χ3v) is 3.29. The summed E-state index contributed by atoms with van der Waals surface area (Å²) in [5, 5.41) is 11.0. The molecule has 1 aromatic carbocycles. The van der Waals surface area contributed by atoms with Crippen molar-refractivity contribution in [2.75, 3.05) is 0 Å². The van der Waals surface area contributed by atoms with E-state index in [0.717, 1.165) is 14.5 Å². The van der Waals surface area contributed by atoms with Gasteiger partial charge in [-0.3, -0.25) is 0 Å². The van der Waals surface area contributed by atoms with E-state index in [0.29, 0.717) is 0 Å². The van der Waals surface area contributed by atoms with Crippen molar-refractivity contribution >= 4 is 31.9 Å². The molecule has 0 saturated heterocycles. The minimum Gasteiger partial charge on any atom is -0.228 e. The molecular formula is C8H7Br2O. The quantitative estimate of drug-likeness (QED) is 0.747. The zero-order valence-corrected chi connectivity index (χ0v) is 9.15. The number of halogens is 2. The lowest BCUT2D eigenvalue weighted by atomic mass is 10.1. The van der Waals surface area contributed by atoms with E-state index in [-0.39, 0.29) is 0 Å². The lowest BCUT2D eigenvalue weighted by Gasteiger charge is -2.03. The molecule has 1 aromatic rings. The normalized spacial score (nSPS) is 13.1. The number of hydrogen-bond acceptors (Lipinski definition) is 0. The standard InChI is InChI=1S/C8H7Br2O/c1-5(11)6-2-3-7(9)8(10)4-6/h2-5H,1H3. The van der Waals surface area contributed by atoms with Gasteiger partial charge in [0.15, 0.2) is 0 Å². The van der Waals surface area contributed by atoms with Crippen molar-refractivity contribution in [2.45, 2.75) is 13.0 Å². The van der Waals surface area contributed by atoms with Gasteiger partial charge in [-0.1, -0.05) is 6.07 Å². The second kappa shape index (κ2) is 3.70. The van der Waals surface area contributed by atoms with Gasteiger partial charge in [0.1, 0.15) is 6.10 Å². The fourth-order valence-electron chi connectivity index (χ4n) is 0.765. The van der Waals surface area contributed by atoms with Crippen molar-refractivity contribution in [2.24, 2.45) is 0 Å². The molecule has 0 aliphatic heterocycles. The van der Waals surface area contributed by atoms with Crippen molar-refractivity contribution < 1.29 is 5.11 Å². The second-order valence-electron chi connectivity index (χ2n) is 2.32. The summed E-state index contributed by atoms with van der Waals surface area (Å²) >= 11 is 6.66. The topological polar surface area (TPSA) is 19.9 Å². The van der Waals surface area contributed by atoms with E-state index in [1.807, 2.05) is 18.2 Å². The summed E-state index contributed by atoms with van der Waals surface area (Å²) in [6.45, 7) is 1.63. The van der Waals surface area contributed by atoms with Crippen LogP contribution in [-0.4, -0.2) is 0 Å². The Bertz CT molecular complexity index is 258. The summed E-state index contributed by atoms with van der Waals surface area (Å²) in [5.41, 5.74) is 0.806. The van der Waals surface area contributed by atoms with Crippen molar-refractivity contribution in [1.82, 2.24) is 0 Å². The van der Waals surface area contributed by atoms with Crippen LogP contribution in [0.25, 0.3) is 0 Å². The number of benzene rings is 1. The summed E-state index contributed by atoms with van der Waals surface area (Å²) in [7, 11) is 0. The number of rotatable bonds is 1. The smallest absolute Gasteiger partial charge is 0.115 e. The number of hydrogen-bond donors (Lipinski definition) is 0. The van der Waals surface area contributed by atoms with E-state index in [2.05, 4.69) is 31.9 Å². The molecule has 0 aliphatic carbocycles. The van der Waals surface area contributed by atoms with Crippen LogP contribution in [-0.2, 0) is 5.11 Å². The third kappa shape index (κ3) is 2.29. The van der Waals surface area contributed by atoms with Gasteiger partial charge < -0.3 is 0 Å². The van der Waals surface area contributed by atoms with E-state index < -0.39 is 6.10 Å². The van der Waals surface area contributed by atoms with Gasteiger partial charge in [-0.15, -0.1) is 0 Å². The lowest BCUT2D eigenvalue weighted by molar-refractivity contribution is 0.106. The van der Waals surface area contributed by atoms with Crippen molar-refractivity contribution in [3.05, 3.63) is 32.7 Å². The Labute approximate surface area is 82.7 Å². The minimum absolute atomic E-state index is 0.653. The molecule has 0 N–H and O–H groups in total. The molecule has 0 amide bonds. The van der Waals surface area contributed by atoms with Gasteiger partial charge in [0.2, 0.25) is 0 Å². The Balaban J connectivity index is 3.05. The first-order valence-corrected chi connectivity index (χ1v) is 4.80. The van der Waals surface area contributed by atoms with E-state index in [4.69, 9.17) is 0 Å². The second-order valence-corrected chi connectivity index (χ2v) is 4.02. The zero-order chi connectivity index (χ0) is 8.43. The summed E-state index contributed by atoms with van der Waals surface area (Å²) in [6.07, 6.45) is -0.653. The van der Waals surface area contributed by atoms with Crippen molar-refractivity contribution in [3.63, 3.8) is 0 Å². The fourth-order valence-corrected chi connectivity index (χ4v) is 1.41. The first kappa shape index (κ1) is 9.23. The van der Waals surface area contributed by atoms with Gasteiger partial charge in [-0.05, 0) is 56.5 Å². The Hall–Kier alpha value is 0.140. The average molecular weight is 279 g/mol. The molecule has 0 bridgehead atoms. The highest BCUT2D eigenvalue weighted by molar-refractivity contribution is 9.13. The van der Waals surface area contributed by atoms with Crippen LogP contribution in [0.3, 0.4) is 0 Å². The maximum atomic E-state index is 11.0. The van der Waals surface area contributed by atoms with E-state index in [1.165, 1.54) is 0 Å². The predicted molar refractivity (Wildman–Crippen MR) is 50.9 cm³/mol. The Morgan fingerprint density at radius 1 is 1.27 bits per heavy atom. The van der Waals surface area contributed by atoms with Gasteiger partial charge in [0.05, 0.1) is 0 Å². The Morgan fingerprint density at radius 3 is 2.36 bits per heavy atom. The van der Waals surface area contributed by atoms with Crippen LogP contribution in [0.2, 0.25) is 0 Å². The van der Waals surface area contributed by atoms with Gasteiger partial charge in [0.25, 0.3) is 0 Å². The van der Waals surface area contributed by atoms with Crippen LogP contribution in [0.15, 0.2) is 27.1 Å². The van der Waals surface area contributed by atoms with Crippen LogP contribution >= 0.6 is 31.9 Å². The predicted octanol–water partition coefficient (Wildman–Crippen LogP) is 3.70. The third-order valence-electron chi connectivity index (χ3n) is 1.41. The monoisotopic (exact) mass is 277 g/mol. The lowest BCUT2D eigenvalue weighted by Crippen LogP contribution is -1.88. The molecule has 1 radical (unpaired) electrons. The fraction of sp³-hybridized carbons (Fsp3) is 0.250. The van der Waals surface area contributed by atoms with Gasteiger partial charge >= 0.3 is 0 Å². The zero-order valence-electron chi connectivity index (χ0n) is 5.97. The molecule has 1 nitrogen and oxygen atoms in total. The molecule has 0 saturated carbocycles. The SMILES string of the molecule is CC([O])c1ccc(Br)c(Br)c1. The van der Waals surface area contributed by atoms with Crippen LogP contribution in [0, 0.1) is 0 Å². The molecule has 59 valence electrons. The van der Waals surface area contributed by atoms with Crippen LogP contribution in [0.1, 0.15) is 18.6 Å². The molecule has 0 aromatic heterocycles. The molecule has 1 unspecified atom stereocenters. The molecular weight excluding hydrogens is 272 g/mol. The first-order chi connectivity index (χ1) is 5.11. The van der Waals surface area contributed by atoms with Crippen molar-refractivity contribution in [1.29, 1.82) is 0 Å². The highest BCUT2D eigenvalue weighted by Crippen LogP contribution is 2.26. The Kier molecular flexibility index (Phi) is 3.10. The van der Waals surface area contributed by atoms with Crippen molar-refractivity contribution in [3.8, 4) is 0 Å². The minimum atomic E-state index is -0.653.